The zero-order valence-electron chi connectivity index (χ0n) is 16.8. The second-order valence-electron chi connectivity index (χ2n) is 7.47. The van der Waals surface area contributed by atoms with Crippen molar-refractivity contribution in [1.29, 1.82) is 0 Å². The quantitative estimate of drug-likeness (QED) is 0.763. The average Bonchev–Trinajstić information content (AvgIpc) is 2.65. The number of ether oxygens (including phenoxy) is 1. The van der Waals surface area contributed by atoms with Gasteiger partial charge >= 0.3 is 5.97 Å². The zero-order chi connectivity index (χ0) is 21.2. The molecule has 7 heteroatoms. The number of carboxylic acid groups (broad SMARTS) is 1. The van der Waals surface area contributed by atoms with E-state index in [2.05, 4.69) is 0 Å². The van der Waals surface area contributed by atoms with Crippen molar-refractivity contribution in [2.24, 2.45) is 0 Å². The minimum absolute atomic E-state index is 0.0643. The topological polar surface area (TPSA) is 83.9 Å². The van der Waals surface area contributed by atoms with Gasteiger partial charge in [-0.25, -0.2) is 8.42 Å². The second kappa shape index (κ2) is 8.29. The SMILES string of the molecule is CC(C)=Cc1ccc2c(c1)N(S(=O)(=O)c1cccc(C)c1)C[C@H](CCC(=O)O)O2. The molecule has 6 nitrogen and oxygen atoms in total. The van der Waals surface area contributed by atoms with E-state index >= 15 is 0 Å². The van der Waals surface area contributed by atoms with Crippen LogP contribution in [-0.4, -0.2) is 32.1 Å². The maximum Gasteiger partial charge on any atom is 0.303 e. The fourth-order valence-electron chi connectivity index (χ4n) is 3.32. The van der Waals surface area contributed by atoms with Crippen molar-refractivity contribution >= 4 is 27.8 Å². The maximum atomic E-state index is 13.5. The van der Waals surface area contributed by atoms with Crippen LogP contribution in [0.25, 0.3) is 6.08 Å². The molecule has 0 spiro atoms. The number of nitrogens with zero attached hydrogens (tertiary/aromatic N) is 1. The molecule has 1 atom stereocenters. The third kappa shape index (κ3) is 4.79. The van der Waals surface area contributed by atoms with E-state index < -0.39 is 22.1 Å². The van der Waals surface area contributed by atoms with Crippen molar-refractivity contribution in [3.8, 4) is 5.75 Å². The summed E-state index contributed by atoms with van der Waals surface area (Å²) in [6.07, 6.45) is 1.57. The predicted molar refractivity (Wildman–Crippen MR) is 113 cm³/mol. The van der Waals surface area contributed by atoms with Crippen LogP contribution in [0.15, 0.2) is 52.9 Å². The van der Waals surface area contributed by atoms with Gasteiger partial charge in [-0.3, -0.25) is 9.10 Å². The molecule has 0 fully saturated rings. The summed E-state index contributed by atoms with van der Waals surface area (Å²) in [5, 5.41) is 9.00. The average molecular weight is 416 g/mol. The van der Waals surface area contributed by atoms with Crippen molar-refractivity contribution in [2.45, 2.75) is 44.6 Å². The van der Waals surface area contributed by atoms with Crippen LogP contribution in [-0.2, 0) is 14.8 Å². The van der Waals surface area contributed by atoms with E-state index in [1.54, 1.807) is 30.3 Å². The first-order valence-corrected chi connectivity index (χ1v) is 10.9. The third-order valence-electron chi connectivity index (χ3n) is 4.63. The minimum atomic E-state index is -3.83. The number of carbonyl (C=O) groups is 1. The smallest absolute Gasteiger partial charge is 0.303 e. The van der Waals surface area contributed by atoms with Gasteiger partial charge in [-0.15, -0.1) is 0 Å². The molecule has 0 aliphatic carbocycles. The summed E-state index contributed by atoms with van der Waals surface area (Å²) in [7, 11) is -3.83. The molecular weight excluding hydrogens is 390 g/mol. The van der Waals surface area contributed by atoms with Gasteiger partial charge in [-0.2, -0.15) is 0 Å². The van der Waals surface area contributed by atoms with Crippen molar-refractivity contribution in [2.75, 3.05) is 10.8 Å². The highest BCUT2D eigenvalue weighted by Gasteiger charge is 2.34. The van der Waals surface area contributed by atoms with Crippen molar-refractivity contribution in [1.82, 2.24) is 0 Å². The van der Waals surface area contributed by atoms with Crippen LogP contribution in [0.2, 0.25) is 0 Å². The summed E-state index contributed by atoms with van der Waals surface area (Å²) in [5.74, 6) is -0.500. The Kier molecular flexibility index (Phi) is 5.98. The van der Waals surface area contributed by atoms with Crippen molar-refractivity contribution < 1.29 is 23.1 Å². The maximum absolute atomic E-state index is 13.5. The molecule has 0 radical (unpaired) electrons. The first-order chi connectivity index (χ1) is 13.7. The highest BCUT2D eigenvalue weighted by Crippen LogP contribution is 2.39. The fraction of sp³-hybridized carbons (Fsp3) is 0.318. The molecule has 1 aliphatic rings. The van der Waals surface area contributed by atoms with Crippen LogP contribution >= 0.6 is 0 Å². The van der Waals surface area contributed by atoms with Gasteiger partial charge in [0.05, 0.1) is 17.1 Å². The Labute approximate surface area is 171 Å². The number of sulfonamides is 1. The first-order valence-electron chi connectivity index (χ1n) is 9.43. The molecule has 0 bridgehead atoms. The summed E-state index contributed by atoms with van der Waals surface area (Å²) in [4.78, 5) is 11.2. The van der Waals surface area contributed by atoms with Gasteiger partial charge in [-0.1, -0.05) is 29.8 Å². The van der Waals surface area contributed by atoms with Crippen LogP contribution in [0.1, 0.15) is 37.8 Å². The van der Waals surface area contributed by atoms with Gasteiger partial charge in [0.25, 0.3) is 10.0 Å². The lowest BCUT2D eigenvalue weighted by Gasteiger charge is -2.35. The monoisotopic (exact) mass is 415 g/mol. The summed E-state index contributed by atoms with van der Waals surface area (Å²) < 4.78 is 34.2. The molecule has 2 aromatic carbocycles. The van der Waals surface area contributed by atoms with Crippen LogP contribution < -0.4 is 9.04 Å². The van der Waals surface area contributed by atoms with Crippen LogP contribution in [0.5, 0.6) is 5.75 Å². The second-order valence-corrected chi connectivity index (χ2v) is 9.34. The highest BCUT2D eigenvalue weighted by atomic mass is 32.2. The molecule has 1 heterocycles. The minimum Gasteiger partial charge on any atom is -0.486 e. The van der Waals surface area contributed by atoms with Crippen LogP contribution in [0.4, 0.5) is 5.69 Å². The number of allylic oxidation sites excluding steroid dienone is 1. The number of aliphatic carboxylic acids is 1. The summed E-state index contributed by atoms with van der Waals surface area (Å²) in [6, 6.07) is 12.2. The number of hydrogen-bond acceptors (Lipinski definition) is 4. The lowest BCUT2D eigenvalue weighted by Crippen LogP contribution is -2.43. The van der Waals surface area contributed by atoms with Gasteiger partial charge in [-0.05, 0) is 62.6 Å². The van der Waals surface area contributed by atoms with Crippen LogP contribution in [0, 0.1) is 6.92 Å². The molecule has 0 saturated carbocycles. The molecule has 1 aliphatic heterocycles. The number of aryl methyl sites for hydroxylation is 1. The normalized spacial score (nSPS) is 16.0. The van der Waals surface area contributed by atoms with Gasteiger partial charge in [0.15, 0.2) is 0 Å². The van der Waals surface area contributed by atoms with E-state index in [4.69, 9.17) is 9.84 Å². The zero-order valence-corrected chi connectivity index (χ0v) is 17.6. The Bertz CT molecular complexity index is 1050. The molecule has 0 unspecified atom stereocenters. The lowest BCUT2D eigenvalue weighted by atomic mass is 10.1. The number of fused-ring (bicyclic) bond motifs is 1. The van der Waals surface area contributed by atoms with E-state index in [9.17, 15) is 13.2 Å². The molecule has 1 N–H and O–H groups in total. The molecule has 29 heavy (non-hydrogen) atoms. The van der Waals surface area contributed by atoms with Gasteiger partial charge in [0, 0.05) is 6.42 Å². The predicted octanol–water partition coefficient (Wildman–Crippen LogP) is 4.24. The van der Waals surface area contributed by atoms with E-state index in [-0.39, 0.29) is 24.3 Å². The van der Waals surface area contributed by atoms with Gasteiger partial charge in [0.2, 0.25) is 0 Å². The molecule has 3 rings (SSSR count). The van der Waals surface area contributed by atoms with E-state index in [1.165, 1.54) is 4.31 Å². The van der Waals surface area contributed by atoms with Crippen LogP contribution in [0.3, 0.4) is 0 Å². The number of benzene rings is 2. The fourth-order valence-corrected chi connectivity index (χ4v) is 4.92. The summed E-state index contributed by atoms with van der Waals surface area (Å²) in [6.45, 7) is 5.85. The Morgan fingerprint density at radius 1 is 1.24 bits per heavy atom. The Morgan fingerprint density at radius 2 is 2.00 bits per heavy atom. The van der Waals surface area contributed by atoms with Gasteiger partial charge in [0.1, 0.15) is 11.9 Å². The Balaban J connectivity index is 2.07. The number of rotatable bonds is 6. The highest BCUT2D eigenvalue weighted by molar-refractivity contribution is 7.92. The standard InChI is InChI=1S/C22H25NO5S/c1-15(2)11-17-7-9-21-20(13-17)23(14-18(28-21)8-10-22(24)25)29(26,27)19-6-4-5-16(3)12-19/h4-7,9,11-13,18H,8,10,14H2,1-3H3,(H,24,25)/t18-/m0/s1. The number of anilines is 1. The van der Waals surface area contributed by atoms with Crippen molar-refractivity contribution in [3.63, 3.8) is 0 Å². The molecular formula is C22H25NO5S. The van der Waals surface area contributed by atoms with Gasteiger partial charge < -0.3 is 9.84 Å². The molecule has 0 amide bonds. The molecule has 2 aromatic rings. The van der Waals surface area contributed by atoms with E-state index in [0.717, 1.165) is 16.7 Å². The first kappa shape index (κ1) is 20.9. The summed E-state index contributed by atoms with van der Waals surface area (Å²) >= 11 is 0. The largest absolute Gasteiger partial charge is 0.486 e. The van der Waals surface area contributed by atoms with Crippen molar-refractivity contribution in [3.05, 3.63) is 59.2 Å². The molecule has 154 valence electrons. The number of hydrogen-bond donors (Lipinski definition) is 1. The van der Waals surface area contributed by atoms with E-state index in [0.29, 0.717) is 11.4 Å². The lowest BCUT2D eigenvalue weighted by molar-refractivity contribution is -0.137. The Morgan fingerprint density at radius 3 is 2.66 bits per heavy atom. The van der Waals surface area contributed by atoms with E-state index in [1.807, 2.05) is 39.0 Å². The summed E-state index contributed by atoms with van der Waals surface area (Å²) in [5.41, 5.74) is 3.28. The Hall–Kier alpha value is -2.80. The molecule has 0 saturated heterocycles. The molecule has 0 aromatic heterocycles. The third-order valence-corrected chi connectivity index (χ3v) is 6.40. The number of carboxylic acids is 1.